The van der Waals surface area contributed by atoms with Gasteiger partial charge in [-0.1, -0.05) is 12.1 Å². The van der Waals surface area contributed by atoms with Crippen molar-refractivity contribution in [1.82, 2.24) is 4.57 Å². The number of nitrogens with two attached hydrogens (primary N) is 1. The normalized spacial score (nSPS) is 10.7. The van der Waals surface area contributed by atoms with Crippen molar-refractivity contribution in [3.63, 3.8) is 0 Å². The van der Waals surface area contributed by atoms with Crippen molar-refractivity contribution in [1.29, 1.82) is 0 Å². The standard InChI is InChI=1S/C16H18N2O3/c1-20-14-6-2-3-7-15(14)21-12-11-18-10-4-5-13(18)8-9-16(17)19/h2-10H,11-12H2,1H3,(H2,17,19)/b9-8+. The predicted molar refractivity (Wildman–Crippen MR) is 81.1 cm³/mol. The number of rotatable bonds is 7. The van der Waals surface area contributed by atoms with Gasteiger partial charge >= 0.3 is 0 Å². The second kappa shape index (κ2) is 7.19. The van der Waals surface area contributed by atoms with Crippen LogP contribution in [0.3, 0.4) is 0 Å². The summed E-state index contributed by atoms with van der Waals surface area (Å²) in [6, 6.07) is 11.3. The number of carbonyl (C=O) groups excluding carboxylic acids is 1. The number of ether oxygens (including phenoxy) is 2. The number of amides is 1. The van der Waals surface area contributed by atoms with E-state index in [-0.39, 0.29) is 0 Å². The first kappa shape index (κ1) is 14.7. The lowest BCUT2D eigenvalue weighted by Crippen LogP contribution is -2.09. The monoisotopic (exact) mass is 286 g/mol. The van der Waals surface area contributed by atoms with E-state index >= 15 is 0 Å². The molecule has 5 nitrogen and oxygen atoms in total. The van der Waals surface area contributed by atoms with E-state index in [1.165, 1.54) is 6.08 Å². The lowest BCUT2D eigenvalue weighted by Gasteiger charge is -2.11. The molecule has 1 aromatic carbocycles. The summed E-state index contributed by atoms with van der Waals surface area (Å²) in [7, 11) is 1.61. The van der Waals surface area contributed by atoms with Gasteiger partial charge in [0.25, 0.3) is 0 Å². The zero-order valence-corrected chi connectivity index (χ0v) is 11.9. The molecule has 0 aliphatic carbocycles. The van der Waals surface area contributed by atoms with Crippen molar-refractivity contribution >= 4 is 12.0 Å². The van der Waals surface area contributed by atoms with E-state index in [0.717, 1.165) is 5.69 Å². The Bertz CT molecular complexity index is 632. The maximum absolute atomic E-state index is 10.8. The van der Waals surface area contributed by atoms with E-state index in [9.17, 15) is 4.79 Å². The number of primary amides is 1. The predicted octanol–water partition coefficient (Wildman–Crippen LogP) is 2.07. The Kier molecular flexibility index (Phi) is 5.04. The Morgan fingerprint density at radius 1 is 1.24 bits per heavy atom. The van der Waals surface area contributed by atoms with E-state index in [1.807, 2.05) is 47.2 Å². The first-order valence-corrected chi connectivity index (χ1v) is 6.59. The highest BCUT2D eigenvalue weighted by atomic mass is 16.5. The molecule has 0 fully saturated rings. The van der Waals surface area contributed by atoms with Gasteiger partial charge in [0.05, 0.1) is 13.7 Å². The first-order valence-electron chi connectivity index (χ1n) is 6.59. The second-order valence-electron chi connectivity index (χ2n) is 4.36. The Hall–Kier alpha value is -2.69. The van der Waals surface area contributed by atoms with Gasteiger partial charge in [0.15, 0.2) is 11.5 Å². The molecule has 21 heavy (non-hydrogen) atoms. The molecule has 1 amide bonds. The minimum absolute atomic E-state index is 0.465. The fraction of sp³-hybridized carbons (Fsp3) is 0.188. The third kappa shape index (κ3) is 4.14. The van der Waals surface area contributed by atoms with Crippen molar-refractivity contribution in [2.45, 2.75) is 6.54 Å². The van der Waals surface area contributed by atoms with Crippen LogP contribution in [0, 0.1) is 0 Å². The lowest BCUT2D eigenvalue weighted by atomic mass is 10.3. The molecule has 2 aromatic rings. The van der Waals surface area contributed by atoms with Gasteiger partial charge in [-0.15, -0.1) is 0 Å². The largest absolute Gasteiger partial charge is 0.493 e. The Morgan fingerprint density at radius 2 is 2.00 bits per heavy atom. The molecule has 2 N–H and O–H groups in total. The number of nitrogens with zero attached hydrogens (tertiary/aromatic N) is 1. The van der Waals surface area contributed by atoms with E-state index in [1.54, 1.807) is 13.2 Å². The Morgan fingerprint density at radius 3 is 2.71 bits per heavy atom. The maximum atomic E-state index is 10.8. The minimum atomic E-state index is -0.465. The molecular formula is C16H18N2O3. The zero-order chi connectivity index (χ0) is 15.1. The lowest BCUT2D eigenvalue weighted by molar-refractivity contribution is -0.113. The number of hydrogen-bond acceptors (Lipinski definition) is 3. The van der Waals surface area contributed by atoms with Gasteiger partial charge in [-0.2, -0.15) is 0 Å². The third-order valence-corrected chi connectivity index (χ3v) is 2.94. The van der Waals surface area contributed by atoms with Crippen LogP contribution in [-0.2, 0) is 11.3 Å². The van der Waals surface area contributed by atoms with E-state index < -0.39 is 5.91 Å². The summed E-state index contributed by atoms with van der Waals surface area (Å²) in [4.78, 5) is 10.8. The summed E-state index contributed by atoms with van der Waals surface area (Å²) in [6.07, 6.45) is 4.95. The maximum Gasteiger partial charge on any atom is 0.241 e. The van der Waals surface area contributed by atoms with Gasteiger partial charge in [0.1, 0.15) is 6.61 Å². The summed E-state index contributed by atoms with van der Waals surface area (Å²) in [6.45, 7) is 1.15. The van der Waals surface area contributed by atoms with Crippen LogP contribution in [0.15, 0.2) is 48.7 Å². The molecule has 0 aliphatic heterocycles. The molecule has 5 heteroatoms. The summed E-state index contributed by atoms with van der Waals surface area (Å²) in [5, 5.41) is 0. The average Bonchev–Trinajstić information content (AvgIpc) is 2.93. The van der Waals surface area contributed by atoms with Crippen LogP contribution in [0.25, 0.3) is 6.08 Å². The van der Waals surface area contributed by atoms with Crippen LogP contribution in [0.5, 0.6) is 11.5 Å². The average molecular weight is 286 g/mol. The highest BCUT2D eigenvalue weighted by Crippen LogP contribution is 2.25. The van der Waals surface area contributed by atoms with Crippen molar-refractivity contribution in [3.05, 3.63) is 54.4 Å². The highest BCUT2D eigenvalue weighted by molar-refractivity contribution is 5.90. The molecule has 1 heterocycles. The van der Waals surface area contributed by atoms with E-state index in [4.69, 9.17) is 15.2 Å². The van der Waals surface area contributed by atoms with Crippen LogP contribution in [-0.4, -0.2) is 24.2 Å². The molecule has 2 rings (SSSR count). The number of benzene rings is 1. The van der Waals surface area contributed by atoms with Gasteiger partial charge in [-0.25, -0.2) is 0 Å². The summed E-state index contributed by atoms with van der Waals surface area (Å²) in [5.41, 5.74) is 5.99. The highest BCUT2D eigenvalue weighted by Gasteiger charge is 2.03. The van der Waals surface area contributed by atoms with E-state index in [2.05, 4.69) is 0 Å². The molecule has 0 aliphatic rings. The fourth-order valence-corrected chi connectivity index (χ4v) is 1.94. The van der Waals surface area contributed by atoms with Gasteiger partial charge in [-0.3, -0.25) is 4.79 Å². The molecule has 0 saturated carbocycles. The quantitative estimate of drug-likeness (QED) is 0.792. The molecular weight excluding hydrogens is 268 g/mol. The number of para-hydroxylation sites is 2. The summed E-state index contributed by atoms with van der Waals surface area (Å²) in [5.74, 6) is 0.952. The van der Waals surface area contributed by atoms with E-state index in [0.29, 0.717) is 24.7 Å². The second-order valence-corrected chi connectivity index (χ2v) is 4.36. The van der Waals surface area contributed by atoms with Crippen molar-refractivity contribution in [2.24, 2.45) is 5.73 Å². The smallest absolute Gasteiger partial charge is 0.241 e. The number of carbonyl (C=O) groups is 1. The van der Waals surface area contributed by atoms with Crippen LogP contribution >= 0.6 is 0 Å². The summed E-state index contributed by atoms with van der Waals surface area (Å²) < 4.78 is 12.9. The van der Waals surface area contributed by atoms with Gasteiger partial charge in [-0.05, 0) is 30.3 Å². The molecule has 0 bridgehead atoms. The summed E-state index contributed by atoms with van der Waals surface area (Å²) >= 11 is 0. The Labute approximate surface area is 123 Å². The van der Waals surface area contributed by atoms with Gasteiger partial charge in [0, 0.05) is 18.0 Å². The first-order chi connectivity index (χ1) is 10.2. The van der Waals surface area contributed by atoms with Crippen LogP contribution in [0.4, 0.5) is 0 Å². The Balaban J connectivity index is 1.95. The molecule has 0 unspecified atom stereocenters. The van der Waals surface area contributed by atoms with Gasteiger partial charge < -0.3 is 19.8 Å². The van der Waals surface area contributed by atoms with Crippen molar-refractivity contribution < 1.29 is 14.3 Å². The zero-order valence-electron chi connectivity index (χ0n) is 11.9. The number of methoxy groups -OCH3 is 1. The molecule has 0 saturated heterocycles. The van der Waals surface area contributed by atoms with Crippen molar-refractivity contribution in [3.8, 4) is 11.5 Å². The third-order valence-electron chi connectivity index (χ3n) is 2.94. The SMILES string of the molecule is COc1ccccc1OCCn1cccc1/C=C/C(N)=O. The number of hydrogen-bond donors (Lipinski definition) is 1. The molecule has 110 valence electrons. The van der Waals surface area contributed by atoms with Crippen molar-refractivity contribution in [2.75, 3.05) is 13.7 Å². The van der Waals surface area contributed by atoms with Crippen LogP contribution in [0.1, 0.15) is 5.69 Å². The van der Waals surface area contributed by atoms with Crippen LogP contribution < -0.4 is 15.2 Å². The molecule has 0 radical (unpaired) electrons. The minimum Gasteiger partial charge on any atom is -0.493 e. The molecule has 1 aromatic heterocycles. The van der Waals surface area contributed by atoms with Gasteiger partial charge in [0.2, 0.25) is 5.91 Å². The molecule has 0 atom stereocenters. The molecule has 0 spiro atoms. The number of aromatic nitrogens is 1. The van der Waals surface area contributed by atoms with Crippen LogP contribution in [0.2, 0.25) is 0 Å². The fourth-order valence-electron chi connectivity index (χ4n) is 1.94. The topological polar surface area (TPSA) is 66.5 Å².